The molecule has 0 spiro atoms. The maximum absolute atomic E-state index is 10.8. The molecule has 1 heterocycles. The first-order valence-corrected chi connectivity index (χ1v) is 5.74. The first-order valence-electron chi connectivity index (χ1n) is 4.66. The highest BCUT2D eigenvalue weighted by atomic mass is 127. The number of carboxylic acid groups (broad SMARTS) is 1. The molecule has 0 unspecified atom stereocenters. The van der Waals surface area contributed by atoms with Gasteiger partial charge in [0.2, 0.25) is 0 Å². The molecule has 76 valence electrons. The van der Waals surface area contributed by atoms with E-state index in [2.05, 4.69) is 5.10 Å². The summed E-state index contributed by atoms with van der Waals surface area (Å²) in [5.74, 6) is -0.890. The van der Waals surface area contributed by atoms with Crippen molar-refractivity contribution in [1.29, 1.82) is 0 Å². The monoisotopic (exact) mass is 306 g/mol. The fourth-order valence-electron chi connectivity index (χ4n) is 1.87. The zero-order chi connectivity index (χ0) is 10.1. The quantitative estimate of drug-likeness (QED) is 0.853. The largest absolute Gasteiger partial charge is 0.478 e. The van der Waals surface area contributed by atoms with Gasteiger partial charge in [-0.2, -0.15) is 5.10 Å². The van der Waals surface area contributed by atoms with Gasteiger partial charge in [-0.1, -0.05) is 12.8 Å². The molecule has 0 aliphatic heterocycles. The standard InChI is InChI=1S/C9H11IN2O2/c10-8-7(9(13)14)5-12(11-8)6-3-1-2-4-6/h5-6H,1-4H2,(H,13,14). The third kappa shape index (κ3) is 1.77. The van der Waals surface area contributed by atoms with Gasteiger partial charge in [-0.15, -0.1) is 0 Å². The van der Waals surface area contributed by atoms with E-state index in [-0.39, 0.29) is 0 Å². The normalized spacial score (nSPS) is 17.5. The van der Waals surface area contributed by atoms with E-state index in [1.165, 1.54) is 12.8 Å². The van der Waals surface area contributed by atoms with Gasteiger partial charge in [-0.05, 0) is 35.4 Å². The van der Waals surface area contributed by atoms with Crippen LogP contribution < -0.4 is 0 Å². The molecule has 0 saturated heterocycles. The topological polar surface area (TPSA) is 55.1 Å². The van der Waals surface area contributed by atoms with Gasteiger partial charge in [-0.25, -0.2) is 4.79 Å². The van der Waals surface area contributed by atoms with E-state index in [1.807, 2.05) is 27.3 Å². The van der Waals surface area contributed by atoms with E-state index in [9.17, 15) is 4.79 Å². The Balaban J connectivity index is 2.27. The van der Waals surface area contributed by atoms with Gasteiger partial charge in [0.25, 0.3) is 0 Å². The Hall–Kier alpha value is -0.590. The van der Waals surface area contributed by atoms with Crippen molar-refractivity contribution in [1.82, 2.24) is 9.78 Å². The second kappa shape index (κ2) is 3.88. The van der Waals surface area contributed by atoms with Crippen molar-refractivity contribution >= 4 is 28.6 Å². The molecule has 1 fully saturated rings. The smallest absolute Gasteiger partial charge is 0.340 e. The fourth-order valence-corrected chi connectivity index (χ4v) is 2.49. The lowest BCUT2D eigenvalue weighted by Crippen LogP contribution is -2.05. The average Bonchev–Trinajstić information content (AvgIpc) is 2.70. The molecule has 0 radical (unpaired) electrons. The van der Waals surface area contributed by atoms with Crippen molar-refractivity contribution in [3.05, 3.63) is 15.5 Å². The minimum Gasteiger partial charge on any atom is -0.478 e. The molecule has 0 aromatic carbocycles. The molecule has 0 bridgehead atoms. The Morgan fingerprint density at radius 2 is 2.21 bits per heavy atom. The molecule has 1 N–H and O–H groups in total. The zero-order valence-electron chi connectivity index (χ0n) is 7.61. The zero-order valence-corrected chi connectivity index (χ0v) is 9.77. The predicted molar refractivity (Wildman–Crippen MR) is 59.4 cm³/mol. The number of aromatic nitrogens is 2. The summed E-state index contributed by atoms with van der Waals surface area (Å²) in [6, 6.07) is 0.414. The SMILES string of the molecule is O=C(O)c1cn(C2CCCC2)nc1I. The molecule has 5 heteroatoms. The van der Waals surface area contributed by atoms with Gasteiger partial charge in [0.1, 0.15) is 9.26 Å². The van der Waals surface area contributed by atoms with Crippen LogP contribution in [0, 0.1) is 3.70 Å². The van der Waals surface area contributed by atoms with Crippen molar-refractivity contribution in [2.75, 3.05) is 0 Å². The number of halogens is 1. The van der Waals surface area contributed by atoms with Gasteiger partial charge in [0.05, 0.1) is 6.04 Å². The first-order chi connectivity index (χ1) is 6.68. The van der Waals surface area contributed by atoms with Crippen LogP contribution >= 0.6 is 22.6 Å². The van der Waals surface area contributed by atoms with Crippen LogP contribution in [0.1, 0.15) is 42.1 Å². The van der Waals surface area contributed by atoms with Crippen LogP contribution in [0.5, 0.6) is 0 Å². The summed E-state index contributed by atoms with van der Waals surface area (Å²) in [5, 5.41) is 13.1. The molecule has 2 rings (SSSR count). The van der Waals surface area contributed by atoms with E-state index in [0.717, 1.165) is 12.8 Å². The van der Waals surface area contributed by atoms with Crippen LogP contribution in [0.15, 0.2) is 6.20 Å². The molecule has 14 heavy (non-hydrogen) atoms. The van der Waals surface area contributed by atoms with Crippen LogP contribution in [0.25, 0.3) is 0 Å². The molecule has 1 aromatic rings. The molecule has 1 aromatic heterocycles. The Labute approximate surface area is 95.4 Å². The summed E-state index contributed by atoms with van der Waals surface area (Å²) in [6.45, 7) is 0. The maximum Gasteiger partial charge on any atom is 0.340 e. The molecular formula is C9H11IN2O2. The number of rotatable bonds is 2. The maximum atomic E-state index is 10.8. The Kier molecular flexibility index (Phi) is 2.76. The Morgan fingerprint density at radius 3 is 2.71 bits per heavy atom. The molecule has 1 saturated carbocycles. The number of aromatic carboxylic acids is 1. The lowest BCUT2D eigenvalue weighted by molar-refractivity contribution is 0.0695. The summed E-state index contributed by atoms with van der Waals surface area (Å²) in [5.41, 5.74) is 0.317. The highest BCUT2D eigenvalue weighted by molar-refractivity contribution is 14.1. The van der Waals surface area contributed by atoms with Crippen LogP contribution in [0.2, 0.25) is 0 Å². The van der Waals surface area contributed by atoms with Crippen molar-refractivity contribution in [3.63, 3.8) is 0 Å². The second-order valence-corrected chi connectivity index (χ2v) is 4.58. The van der Waals surface area contributed by atoms with Crippen LogP contribution in [0.3, 0.4) is 0 Å². The molecule has 0 amide bonds. The minimum absolute atomic E-state index is 0.317. The van der Waals surface area contributed by atoms with Crippen molar-refractivity contribution < 1.29 is 9.90 Å². The van der Waals surface area contributed by atoms with Gasteiger partial charge in [0, 0.05) is 6.20 Å². The minimum atomic E-state index is -0.890. The summed E-state index contributed by atoms with van der Waals surface area (Å²) >= 11 is 1.97. The number of hydrogen-bond acceptors (Lipinski definition) is 2. The lowest BCUT2D eigenvalue weighted by Gasteiger charge is -2.07. The van der Waals surface area contributed by atoms with Gasteiger partial charge in [-0.3, -0.25) is 4.68 Å². The van der Waals surface area contributed by atoms with Crippen molar-refractivity contribution in [2.45, 2.75) is 31.7 Å². The van der Waals surface area contributed by atoms with E-state index in [0.29, 0.717) is 15.3 Å². The van der Waals surface area contributed by atoms with Crippen molar-refractivity contribution in [3.8, 4) is 0 Å². The number of carboxylic acids is 1. The van der Waals surface area contributed by atoms with E-state index in [4.69, 9.17) is 5.11 Å². The molecule has 1 aliphatic carbocycles. The summed E-state index contributed by atoms with van der Waals surface area (Å²) < 4.78 is 2.40. The third-order valence-electron chi connectivity index (χ3n) is 2.62. The van der Waals surface area contributed by atoms with E-state index < -0.39 is 5.97 Å². The summed E-state index contributed by atoms with van der Waals surface area (Å²) in [6.07, 6.45) is 6.35. The fraction of sp³-hybridized carbons (Fsp3) is 0.556. The van der Waals surface area contributed by atoms with Crippen LogP contribution in [-0.4, -0.2) is 20.9 Å². The lowest BCUT2D eigenvalue weighted by atomic mass is 10.2. The van der Waals surface area contributed by atoms with Gasteiger partial charge >= 0.3 is 5.97 Å². The van der Waals surface area contributed by atoms with E-state index >= 15 is 0 Å². The molecule has 0 atom stereocenters. The second-order valence-electron chi connectivity index (χ2n) is 3.56. The highest BCUT2D eigenvalue weighted by Crippen LogP contribution is 2.29. The van der Waals surface area contributed by atoms with E-state index in [1.54, 1.807) is 6.20 Å². The van der Waals surface area contributed by atoms with Gasteiger partial charge < -0.3 is 5.11 Å². The Bertz CT molecular complexity index is 356. The van der Waals surface area contributed by atoms with Crippen molar-refractivity contribution in [2.24, 2.45) is 0 Å². The number of hydrogen-bond donors (Lipinski definition) is 1. The van der Waals surface area contributed by atoms with Gasteiger partial charge in [0.15, 0.2) is 0 Å². The number of nitrogens with zero attached hydrogens (tertiary/aromatic N) is 2. The Morgan fingerprint density at radius 1 is 1.57 bits per heavy atom. The summed E-state index contributed by atoms with van der Waals surface area (Å²) in [4.78, 5) is 10.8. The number of carbonyl (C=O) groups is 1. The molecular weight excluding hydrogens is 295 g/mol. The molecule has 4 nitrogen and oxygen atoms in total. The van der Waals surface area contributed by atoms with Crippen LogP contribution in [0.4, 0.5) is 0 Å². The summed E-state index contributed by atoms with van der Waals surface area (Å²) in [7, 11) is 0. The average molecular weight is 306 g/mol. The molecule has 1 aliphatic rings. The first kappa shape index (κ1) is 9.95. The highest BCUT2D eigenvalue weighted by Gasteiger charge is 2.21. The predicted octanol–water partition coefficient (Wildman–Crippen LogP) is 2.30. The third-order valence-corrected chi connectivity index (χ3v) is 3.41. The van der Waals surface area contributed by atoms with Crippen LogP contribution in [-0.2, 0) is 0 Å².